The Bertz CT molecular complexity index is 966. The van der Waals surface area contributed by atoms with Crippen molar-refractivity contribution >= 4 is 28.2 Å². The van der Waals surface area contributed by atoms with Gasteiger partial charge in [0.2, 0.25) is 0 Å². The number of halogens is 1. The van der Waals surface area contributed by atoms with E-state index in [4.69, 9.17) is 11.6 Å². The molecule has 2 heterocycles. The first kappa shape index (κ1) is 15.2. The van der Waals surface area contributed by atoms with Crippen molar-refractivity contribution < 1.29 is 0 Å². The van der Waals surface area contributed by atoms with Crippen LogP contribution >= 0.6 is 11.6 Å². The average molecular weight is 340 g/mol. The molecule has 1 aliphatic heterocycles. The van der Waals surface area contributed by atoms with Gasteiger partial charge in [0, 0.05) is 16.8 Å². The Hall–Kier alpha value is -2.33. The summed E-state index contributed by atoms with van der Waals surface area (Å²) in [4.78, 5) is 22.2. The summed E-state index contributed by atoms with van der Waals surface area (Å²) in [5.41, 5.74) is 3.09. The molecular weight excluding hydrogens is 322 g/mol. The number of aryl methyl sites for hydroxylation is 1. The lowest BCUT2D eigenvalue weighted by Gasteiger charge is -2.36. The van der Waals surface area contributed by atoms with Crippen molar-refractivity contribution in [3.8, 4) is 0 Å². The number of nitrogens with zero attached hydrogens (tertiary/aromatic N) is 2. The molecule has 0 spiro atoms. The van der Waals surface area contributed by atoms with Crippen LogP contribution in [0.4, 0.5) is 5.69 Å². The van der Waals surface area contributed by atoms with E-state index in [1.807, 2.05) is 0 Å². The van der Waals surface area contributed by atoms with Crippen LogP contribution in [-0.4, -0.2) is 16.0 Å². The second kappa shape index (κ2) is 5.95. The number of benzene rings is 2. The van der Waals surface area contributed by atoms with Crippen molar-refractivity contribution in [2.45, 2.75) is 32.4 Å². The molecule has 2 aromatic carbocycles. The monoisotopic (exact) mass is 339 g/mol. The Balaban J connectivity index is 1.75. The van der Waals surface area contributed by atoms with Crippen LogP contribution in [0.3, 0.4) is 0 Å². The van der Waals surface area contributed by atoms with Crippen LogP contribution in [0.5, 0.6) is 0 Å². The van der Waals surface area contributed by atoms with Crippen molar-refractivity contribution in [2.75, 3.05) is 4.90 Å². The highest BCUT2D eigenvalue weighted by molar-refractivity contribution is 6.31. The van der Waals surface area contributed by atoms with E-state index in [1.54, 1.807) is 18.2 Å². The molecule has 24 heavy (non-hydrogen) atoms. The van der Waals surface area contributed by atoms with E-state index in [0.717, 1.165) is 12.8 Å². The molecule has 1 aliphatic rings. The fourth-order valence-electron chi connectivity index (χ4n) is 3.40. The van der Waals surface area contributed by atoms with Gasteiger partial charge < -0.3 is 9.88 Å². The molecule has 0 amide bonds. The first-order valence-corrected chi connectivity index (χ1v) is 8.52. The number of hydrogen-bond donors (Lipinski definition) is 1. The Morgan fingerprint density at radius 2 is 2.12 bits per heavy atom. The van der Waals surface area contributed by atoms with Crippen LogP contribution in [0.25, 0.3) is 10.9 Å². The largest absolute Gasteiger partial charge is 0.361 e. The molecule has 0 saturated heterocycles. The average Bonchev–Trinajstić information content (AvgIpc) is 2.57. The summed E-state index contributed by atoms with van der Waals surface area (Å²) in [5.74, 6) is 0.665. The van der Waals surface area contributed by atoms with E-state index in [0.29, 0.717) is 34.3 Å². The molecule has 0 aliphatic carbocycles. The maximum atomic E-state index is 12.3. The van der Waals surface area contributed by atoms with Crippen molar-refractivity contribution in [3.63, 3.8) is 0 Å². The van der Waals surface area contributed by atoms with Gasteiger partial charge in [0.25, 0.3) is 5.56 Å². The van der Waals surface area contributed by atoms with Crippen molar-refractivity contribution in [1.82, 2.24) is 9.97 Å². The Morgan fingerprint density at radius 1 is 1.29 bits per heavy atom. The van der Waals surface area contributed by atoms with Crippen LogP contribution in [0.2, 0.25) is 5.02 Å². The highest BCUT2D eigenvalue weighted by Gasteiger charge is 2.23. The second-order valence-corrected chi connectivity index (χ2v) is 6.75. The van der Waals surface area contributed by atoms with Crippen molar-refractivity contribution in [1.29, 1.82) is 0 Å². The number of aromatic amines is 1. The van der Waals surface area contributed by atoms with Crippen LogP contribution in [0.15, 0.2) is 47.3 Å². The summed E-state index contributed by atoms with van der Waals surface area (Å²) >= 11 is 6.04. The summed E-state index contributed by atoms with van der Waals surface area (Å²) in [6, 6.07) is 14.0. The predicted molar refractivity (Wildman–Crippen MR) is 97.8 cm³/mol. The van der Waals surface area contributed by atoms with Crippen LogP contribution < -0.4 is 10.5 Å². The number of hydrogen-bond acceptors (Lipinski definition) is 3. The third-order valence-electron chi connectivity index (χ3n) is 4.70. The topological polar surface area (TPSA) is 49.0 Å². The van der Waals surface area contributed by atoms with Gasteiger partial charge in [0.05, 0.1) is 17.4 Å². The molecule has 4 nitrogen and oxygen atoms in total. The van der Waals surface area contributed by atoms with E-state index < -0.39 is 0 Å². The molecule has 0 bridgehead atoms. The molecule has 4 rings (SSSR count). The number of nitrogens with one attached hydrogen (secondary N) is 1. The first-order chi connectivity index (χ1) is 11.6. The maximum absolute atomic E-state index is 12.3. The minimum Gasteiger partial charge on any atom is -0.361 e. The quantitative estimate of drug-likeness (QED) is 0.770. The lowest BCUT2D eigenvalue weighted by Crippen LogP contribution is -2.37. The molecule has 0 saturated carbocycles. The number of para-hydroxylation sites is 1. The molecule has 0 radical (unpaired) electrons. The minimum absolute atomic E-state index is 0.121. The molecule has 5 heteroatoms. The summed E-state index contributed by atoms with van der Waals surface area (Å²) in [6.07, 6.45) is 2.19. The molecule has 122 valence electrons. The number of fused-ring (bicyclic) bond motifs is 2. The number of anilines is 1. The Labute approximate surface area is 145 Å². The van der Waals surface area contributed by atoms with Gasteiger partial charge in [-0.25, -0.2) is 4.98 Å². The predicted octanol–water partition coefficient (Wildman–Crippen LogP) is 3.92. The fraction of sp³-hybridized carbons (Fsp3) is 0.263. The van der Waals surface area contributed by atoms with Gasteiger partial charge in [0.15, 0.2) is 0 Å². The molecule has 0 unspecified atom stereocenters. The third-order valence-corrected chi connectivity index (χ3v) is 4.94. The lowest BCUT2D eigenvalue weighted by atomic mass is 9.96. The zero-order chi connectivity index (χ0) is 16.7. The highest BCUT2D eigenvalue weighted by atomic mass is 35.5. The zero-order valence-corrected chi connectivity index (χ0v) is 14.2. The highest BCUT2D eigenvalue weighted by Crippen LogP contribution is 2.31. The summed E-state index contributed by atoms with van der Waals surface area (Å²) < 4.78 is 0. The van der Waals surface area contributed by atoms with Crippen LogP contribution in [-0.2, 0) is 13.0 Å². The zero-order valence-electron chi connectivity index (χ0n) is 13.4. The number of H-pyrrole nitrogens is 1. The normalized spacial score (nSPS) is 17.1. The molecule has 1 aromatic heterocycles. The third kappa shape index (κ3) is 2.67. The summed E-state index contributed by atoms with van der Waals surface area (Å²) in [6.45, 7) is 2.79. The fourth-order valence-corrected chi connectivity index (χ4v) is 3.56. The van der Waals surface area contributed by atoms with E-state index in [1.165, 1.54) is 11.3 Å². The van der Waals surface area contributed by atoms with Gasteiger partial charge in [0.1, 0.15) is 5.82 Å². The summed E-state index contributed by atoms with van der Waals surface area (Å²) in [7, 11) is 0. The minimum atomic E-state index is -0.121. The smallest absolute Gasteiger partial charge is 0.258 e. The van der Waals surface area contributed by atoms with Gasteiger partial charge in [-0.05, 0) is 49.6 Å². The summed E-state index contributed by atoms with van der Waals surface area (Å²) in [5, 5.41) is 1.15. The van der Waals surface area contributed by atoms with Crippen LogP contribution in [0.1, 0.15) is 24.7 Å². The Kier molecular flexibility index (Phi) is 3.77. The molecule has 3 aromatic rings. The first-order valence-electron chi connectivity index (χ1n) is 8.15. The second-order valence-electron chi connectivity index (χ2n) is 6.32. The maximum Gasteiger partial charge on any atom is 0.258 e. The number of rotatable bonds is 2. The van der Waals surface area contributed by atoms with E-state index in [2.05, 4.69) is 46.1 Å². The molecule has 1 atom stereocenters. The van der Waals surface area contributed by atoms with Gasteiger partial charge in [-0.1, -0.05) is 29.8 Å². The van der Waals surface area contributed by atoms with E-state index in [-0.39, 0.29) is 5.56 Å². The molecule has 1 N–H and O–H groups in total. The van der Waals surface area contributed by atoms with Gasteiger partial charge in [-0.15, -0.1) is 0 Å². The Morgan fingerprint density at radius 3 is 3.00 bits per heavy atom. The van der Waals surface area contributed by atoms with Crippen LogP contribution in [0, 0.1) is 0 Å². The SMILES string of the molecule is C[C@H]1CCc2ccccc2N1Cc1nc2cc(Cl)ccc2c(=O)[nH]1. The molecule has 0 fully saturated rings. The van der Waals surface area contributed by atoms with Crippen molar-refractivity contribution in [2.24, 2.45) is 0 Å². The lowest BCUT2D eigenvalue weighted by molar-refractivity contribution is 0.552. The van der Waals surface area contributed by atoms with Gasteiger partial charge in [-0.2, -0.15) is 0 Å². The van der Waals surface area contributed by atoms with Crippen molar-refractivity contribution in [3.05, 3.63) is 69.2 Å². The van der Waals surface area contributed by atoms with Gasteiger partial charge in [-0.3, -0.25) is 4.79 Å². The molecular formula is C19H18ClN3O. The van der Waals surface area contributed by atoms with E-state index in [9.17, 15) is 4.79 Å². The van der Waals surface area contributed by atoms with E-state index >= 15 is 0 Å². The number of aromatic nitrogens is 2. The standard InChI is InChI=1S/C19H18ClN3O/c1-12-6-7-13-4-2-3-5-17(13)23(12)11-18-21-16-10-14(20)8-9-15(16)19(24)22-18/h2-5,8-10,12H,6-7,11H2,1H3,(H,21,22,24)/t12-/m0/s1. The van der Waals surface area contributed by atoms with Gasteiger partial charge >= 0.3 is 0 Å².